The van der Waals surface area contributed by atoms with Gasteiger partial charge in [0, 0.05) is 0 Å². The molecule has 0 radical (unpaired) electrons. The fraction of sp³-hybridized carbons (Fsp3) is 0.111. The SMILES string of the molecule is C=C(O)ONc1cccc(C)c1. The highest BCUT2D eigenvalue weighted by atomic mass is 16.7. The van der Waals surface area contributed by atoms with Crippen molar-refractivity contribution in [2.45, 2.75) is 6.92 Å². The number of aliphatic hydroxyl groups excluding tert-OH is 1. The fourth-order valence-electron chi connectivity index (χ4n) is 0.826. The molecule has 0 aromatic heterocycles. The molecule has 0 aliphatic rings. The minimum absolute atomic E-state index is 0.350. The third-order valence-corrected chi connectivity index (χ3v) is 1.30. The van der Waals surface area contributed by atoms with Gasteiger partial charge in [0.1, 0.15) is 0 Å². The smallest absolute Gasteiger partial charge is 0.296 e. The highest BCUT2D eigenvalue weighted by molar-refractivity contribution is 5.43. The molecule has 1 rings (SSSR count). The summed E-state index contributed by atoms with van der Waals surface area (Å²) in [5.41, 5.74) is 4.44. The van der Waals surface area contributed by atoms with Crippen molar-refractivity contribution >= 4 is 5.69 Å². The molecule has 0 heterocycles. The molecular formula is C9H11NO2. The van der Waals surface area contributed by atoms with Crippen LogP contribution < -0.4 is 5.48 Å². The van der Waals surface area contributed by atoms with Crippen molar-refractivity contribution in [3.8, 4) is 0 Å². The van der Waals surface area contributed by atoms with Crippen molar-refractivity contribution in [1.82, 2.24) is 0 Å². The molecule has 1 aromatic carbocycles. The lowest BCUT2D eigenvalue weighted by Crippen LogP contribution is -1.99. The van der Waals surface area contributed by atoms with Crippen LogP contribution in [0.3, 0.4) is 0 Å². The normalized spacial score (nSPS) is 9.08. The van der Waals surface area contributed by atoms with Gasteiger partial charge in [-0.15, -0.1) is 0 Å². The molecule has 0 atom stereocenters. The maximum atomic E-state index is 8.60. The molecule has 0 unspecified atom stereocenters. The summed E-state index contributed by atoms with van der Waals surface area (Å²) in [6.45, 7) is 5.13. The molecule has 0 bridgehead atoms. The molecule has 0 saturated carbocycles. The molecular weight excluding hydrogens is 154 g/mol. The molecule has 3 heteroatoms. The number of hydrogen-bond acceptors (Lipinski definition) is 3. The average Bonchev–Trinajstić information content (AvgIpc) is 2.01. The van der Waals surface area contributed by atoms with Gasteiger partial charge in [-0.1, -0.05) is 12.1 Å². The summed E-state index contributed by atoms with van der Waals surface area (Å²) in [4.78, 5) is 4.59. The van der Waals surface area contributed by atoms with Crippen molar-refractivity contribution in [3.05, 3.63) is 42.4 Å². The lowest BCUT2D eigenvalue weighted by Gasteiger charge is -2.05. The second-order valence-electron chi connectivity index (χ2n) is 2.47. The third kappa shape index (κ3) is 2.54. The number of rotatable bonds is 3. The van der Waals surface area contributed by atoms with Crippen LogP contribution in [0.5, 0.6) is 0 Å². The highest BCUT2D eigenvalue weighted by Gasteiger charge is 1.92. The first kappa shape index (κ1) is 8.46. The average molecular weight is 165 g/mol. The van der Waals surface area contributed by atoms with Gasteiger partial charge in [0.25, 0.3) is 5.95 Å². The lowest BCUT2D eigenvalue weighted by molar-refractivity contribution is 0.136. The van der Waals surface area contributed by atoms with Crippen molar-refractivity contribution in [1.29, 1.82) is 0 Å². The van der Waals surface area contributed by atoms with E-state index in [0.29, 0.717) is 0 Å². The summed E-state index contributed by atoms with van der Waals surface area (Å²) >= 11 is 0. The van der Waals surface area contributed by atoms with E-state index in [0.717, 1.165) is 11.3 Å². The summed E-state index contributed by atoms with van der Waals surface area (Å²) in [5.74, 6) is -0.350. The Bertz CT molecular complexity index is 284. The molecule has 0 amide bonds. The van der Waals surface area contributed by atoms with E-state index in [-0.39, 0.29) is 5.95 Å². The van der Waals surface area contributed by atoms with Gasteiger partial charge in [0.05, 0.1) is 5.69 Å². The van der Waals surface area contributed by atoms with Gasteiger partial charge in [0.15, 0.2) is 0 Å². The monoisotopic (exact) mass is 165 g/mol. The zero-order valence-corrected chi connectivity index (χ0v) is 6.87. The van der Waals surface area contributed by atoms with Gasteiger partial charge in [-0.05, 0) is 31.2 Å². The van der Waals surface area contributed by atoms with E-state index in [1.807, 2.05) is 31.2 Å². The summed E-state index contributed by atoms with van der Waals surface area (Å²) in [5, 5.41) is 8.60. The molecule has 0 spiro atoms. The van der Waals surface area contributed by atoms with E-state index in [2.05, 4.69) is 16.9 Å². The third-order valence-electron chi connectivity index (χ3n) is 1.30. The van der Waals surface area contributed by atoms with Gasteiger partial charge in [-0.3, -0.25) is 0 Å². The van der Waals surface area contributed by atoms with E-state index in [1.165, 1.54) is 0 Å². The van der Waals surface area contributed by atoms with Crippen LogP contribution in [0.1, 0.15) is 5.56 Å². The Labute approximate surface area is 71.2 Å². The summed E-state index contributed by atoms with van der Waals surface area (Å²) in [7, 11) is 0. The Balaban J connectivity index is 2.57. The van der Waals surface area contributed by atoms with Crippen LogP contribution >= 0.6 is 0 Å². The number of aryl methyl sites for hydroxylation is 1. The van der Waals surface area contributed by atoms with Crippen LogP contribution in [0.2, 0.25) is 0 Å². The van der Waals surface area contributed by atoms with Crippen molar-refractivity contribution in [3.63, 3.8) is 0 Å². The van der Waals surface area contributed by atoms with Crippen molar-refractivity contribution in [2.24, 2.45) is 0 Å². The van der Waals surface area contributed by atoms with Crippen molar-refractivity contribution in [2.75, 3.05) is 5.48 Å². The van der Waals surface area contributed by atoms with Crippen molar-refractivity contribution < 1.29 is 9.94 Å². The number of benzene rings is 1. The van der Waals surface area contributed by atoms with Gasteiger partial charge in [-0.25, -0.2) is 5.48 Å². The van der Waals surface area contributed by atoms with Crippen LogP contribution in [-0.2, 0) is 4.84 Å². The predicted octanol–water partition coefficient (Wildman–Crippen LogP) is 2.37. The second-order valence-corrected chi connectivity index (χ2v) is 2.47. The first-order valence-corrected chi connectivity index (χ1v) is 3.56. The number of aliphatic hydroxyl groups is 1. The van der Waals surface area contributed by atoms with Crippen LogP contribution in [0.15, 0.2) is 36.8 Å². The number of nitrogens with one attached hydrogen (secondary N) is 1. The quantitative estimate of drug-likeness (QED) is 0.533. The van der Waals surface area contributed by atoms with E-state index in [9.17, 15) is 0 Å². The molecule has 12 heavy (non-hydrogen) atoms. The van der Waals surface area contributed by atoms with Gasteiger partial charge in [-0.2, -0.15) is 0 Å². The van der Waals surface area contributed by atoms with Crippen LogP contribution in [-0.4, -0.2) is 5.11 Å². The van der Waals surface area contributed by atoms with Gasteiger partial charge >= 0.3 is 0 Å². The molecule has 64 valence electrons. The molecule has 3 nitrogen and oxygen atoms in total. The minimum Gasteiger partial charge on any atom is -0.480 e. The molecule has 0 aliphatic heterocycles. The lowest BCUT2D eigenvalue weighted by atomic mass is 10.2. The Kier molecular flexibility index (Phi) is 2.58. The Morgan fingerprint density at radius 2 is 2.33 bits per heavy atom. The largest absolute Gasteiger partial charge is 0.480 e. The summed E-state index contributed by atoms with van der Waals surface area (Å²) in [6.07, 6.45) is 0. The van der Waals surface area contributed by atoms with E-state index >= 15 is 0 Å². The molecule has 1 aromatic rings. The summed E-state index contributed by atoms with van der Waals surface area (Å²) < 4.78 is 0. The minimum atomic E-state index is -0.350. The second kappa shape index (κ2) is 3.67. The maximum absolute atomic E-state index is 8.60. The molecule has 0 aliphatic carbocycles. The van der Waals surface area contributed by atoms with E-state index < -0.39 is 0 Å². The zero-order valence-electron chi connectivity index (χ0n) is 6.87. The molecule has 0 saturated heterocycles. The number of hydrogen-bond donors (Lipinski definition) is 2. The Hall–Kier alpha value is -1.64. The zero-order chi connectivity index (χ0) is 8.97. The topological polar surface area (TPSA) is 41.5 Å². The standard InChI is InChI=1S/C9H11NO2/c1-7-4-3-5-9(6-7)10-12-8(2)11/h3-6,10-11H,2H2,1H3. The van der Waals surface area contributed by atoms with E-state index in [1.54, 1.807) is 0 Å². The first-order valence-electron chi connectivity index (χ1n) is 3.56. The fourth-order valence-corrected chi connectivity index (χ4v) is 0.826. The molecule has 2 N–H and O–H groups in total. The first-order chi connectivity index (χ1) is 5.68. The maximum Gasteiger partial charge on any atom is 0.296 e. The highest BCUT2D eigenvalue weighted by Crippen LogP contribution is 2.09. The number of anilines is 1. The predicted molar refractivity (Wildman–Crippen MR) is 47.7 cm³/mol. The van der Waals surface area contributed by atoms with Crippen LogP contribution in [0.4, 0.5) is 5.69 Å². The van der Waals surface area contributed by atoms with E-state index in [4.69, 9.17) is 5.11 Å². The summed E-state index contributed by atoms with van der Waals surface area (Å²) in [6, 6.07) is 7.58. The van der Waals surface area contributed by atoms with Crippen LogP contribution in [0, 0.1) is 6.92 Å². The van der Waals surface area contributed by atoms with Crippen LogP contribution in [0.25, 0.3) is 0 Å². The van der Waals surface area contributed by atoms with Gasteiger partial charge < -0.3 is 9.94 Å². The Morgan fingerprint density at radius 1 is 1.58 bits per heavy atom. The molecule has 0 fully saturated rings. The Morgan fingerprint density at radius 3 is 2.92 bits per heavy atom. The van der Waals surface area contributed by atoms with Gasteiger partial charge in [0.2, 0.25) is 0 Å².